The molecule has 1 heterocycles. The van der Waals surface area contributed by atoms with Crippen molar-refractivity contribution in [3.63, 3.8) is 0 Å². The van der Waals surface area contributed by atoms with Crippen LogP contribution in [0.2, 0.25) is 0 Å². The first kappa shape index (κ1) is 8.54. The first-order valence-electron chi connectivity index (χ1n) is 5.27. The molecule has 0 bridgehead atoms. The Bertz CT molecular complexity index is 570. The summed E-state index contributed by atoms with van der Waals surface area (Å²) in [7, 11) is 2.15. The normalized spacial score (nSPS) is 14.2. The molecule has 0 spiro atoms. The van der Waals surface area contributed by atoms with Crippen molar-refractivity contribution in [1.29, 1.82) is 0 Å². The molecule has 1 heteroatoms. The van der Waals surface area contributed by atoms with E-state index in [1.165, 1.54) is 22.2 Å². The molecule has 1 nitrogen and oxygen atoms in total. The van der Waals surface area contributed by atoms with Gasteiger partial charge in [-0.05, 0) is 6.07 Å². The SMILES string of the molecule is Cn1c2c(c3ccccc31)C=CC=CC2. The first-order valence-corrected chi connectivity index (χ1v) is 5.27. The van der Waals surface area contributed by atoms with Crippen LogP contribution >= 0.6 is 0 Å². The van der Waals surface area contributed by atoms with Gasteiger partial charge in [0, 0.05) is 35.6 Å². The van der Waals surface area contributed by atoms with Gasteiger partial charge in [0.05, 0.1) is 0 Å². The number of benzene rings is 1. The second kappa shape index (κ2) is 3.13. The van der Waals surface area contributed by atoms with Gasteiger partial charge < -0.3 is 4.57 Å². The minimum Gasteiger partial charge on any atom is -0.347 e. The van der Waals surface area contributed by atoms with Crippen LogP contribution in [0.4, 0.5) is 0 Å². The van der Waals surface area contributed by atoms with Gasteiger partial charge in [0.1, 0.15) is 0 Å². The number of hydrogen-bond donors (Lipinski definition) is 0. The fraction of sp³-hybridized carbons (Fsp3) is 0.143. The fourth-order valence-electron chi connectivity index (χ4n) is 2.32. The van der Waals surface area contributed by atoms with Gasteiger partial charge in [0.15, 0.2) is 0 Å². The molecule has 2 aromatic rings. The zero-order valence-corrected chi connectivity index (χ0v) is 8.77. The molecule has 0 saturated heterocycles. The van der Waals surface area contributed by atoms with Crippen molar-refractivity contribution < 1.29 is 0 Å². The Kier molecular flexibility index (Phi) is 1.78. The molecule has 0 N–H and O–H groups in total. The van der Waals surface area contributed by atoms with E-state index in [1.807, 2.05) is 0 Å². The van der Waals surface area contributed by atoms with E-state index in [-0.39, 0.29) is 0 Å². The summed E-state index contributed by atoms with van der Waals surface area (Å²) in [5.74, 6) is 0. The molecule has 1 aromatic heterocycles. The largest absolute Gasteiger partial charge is 0.347 e. The van der Waals surface area contributed by atoms with Crippen molar-refractivity contribution in [2.45, 2.75) is 6.42 Å². The zero-order chi connectivity index (χ0) is 10.3. The topological polar surface area (TPSA) is 4.93 Å². The molecule has 0 aliphatic heterocycles. The second-order valence-electron chi connectivity index (χ2n) is 3.93. The van der Waals surface area contributed by atoms with Crippen LogP contribution in [0.3, 0.4) is 0 Å². The van der Waals surface area contributed by atoms with Crippen molar-refractivity contribution in [2.75, 3.05) is 0 Å². The summed E-state index contributed by atoms with van der Waals surface area (Å²) in [5.41, 5.74) is 4.10. The van der Waals surface area contributed by atoms with Crippen LogP contribution < -0.4 is 0 Å². The summed E-state index contributed by atoms with van der Waals surface area (Å²) < 4.78 is 2.30. The highest BCUT2D eigenvalue weighted by Crippen LogP contribution is 2.28. The third-order valence-corrected chi connectivity index (χ3v) is 3.09. The summed E-state index contributed by atoms with van der Waals surface area (Å²) in [6.45, 7) is 0. The zero-order valence-electron chi connectivity index (χ0n) is 8.77. The van der Waals surface area contributed by atoms with E-state index in [9.17, 15) is 0 Å². The maximum Gasteiger partial charge on any atom is 0.0486 e. The van der Waals surface area contributed by atoms with Gasteiger partial charge in [-0.25, -0.2) is 0 Å². The van der Waals surface area contributed by atoms with Gasteiger partial charge in [-0.2, -0.15) is 0 Å². The highest BCUT2D eigenvalue weighted by atomic mass is 14.9. The quantitative estimate of drug-likeness (QED) is 0.607. The van der Waals surface area contributed by atoms with Gasteiger partial charge in [-0.1, -0.05) is 42.5 Å². The summed E-state index contributed by atoms with van der Waals surface area (Å²) in [6.07, 6.45) is 9.68. The van der Waals surface area contributed by atoms with Gasteiger partial charge in [0.2, 0.25) is 0 Å². The number of aryl methyl sites for hydroxylation is 1. The molecule has 15 heavy (non-hydrogen) atoms. The predicted octanol–water partition coefficient (Wildman–Crippen LogP) is 3.30. The number of hydrogen-bond acceptors (Lipinski definition) is 0. The van der Waals surface area contributed by atoms with Crippen LogP contribution in [0.25, 0.3) is 17.0 Å². The van der Waals surface area contributed by atoms with E-state index in [4.69, 9.17) is 0 Å². The van der Waals surface area contributed by atoms with Gasteiger partial charge in [-0.15, -0.1) is 0 Å². The fourth-order valence-corrected chi connectivity index (χ4v) is 2.32. The lowest BCUT2D eigenvalue weighted by Gasteiger charge is -2.01. The monoisotopic (exact) mass is 195 g/mol. The maximum absolute atomic E-state index is 2.30. The molecule has 1 aromatic carbocycles. The van der Waals surface area contributed by atoms with E-state index < -0.39 is 0 Å². The lowest BCUT2D eigenvalue weighted by Crippen LogP contribution is -1.95. The van der Waals surface area contributed by atoms with Crippen molar-refractivity contribution in [1.82, 2.24) is 4.57 Å². The third-order valence-electron chi connectivity index (χ3n) is 3.09. The van der Waals surface area contributed by atoms with Gasteiger partial charge in [-0.3, -0.25) is 0 Å². The Balaban J connectivity index is 2.44. The van der Waals surface area contributed by atoms with Crippen LogP contribution in [0.15, 0.2) is 42.5 Å². The van der Waals surface area contributed by atoms with E-state index >= 15 is 0 Å². The Labute approximate surface area is 89.3 Å². The standard InChI is InChI=1S/C14H13N/c1-15-13-9-4-2-3-7-11(13)12-8-5-6-10-14(12)15/h2-8,10H,9H2,1H3. The van der Waals surface area contributed by atoms with Crippen LogP contribution in [0.5, 0.6) is 0 Å². The Hall–Kier alpha value is -1.76. The van der Waals surface area contributed by atoms with Crippen LogP contribution in [-0.4, -0.2) is 4.57 Å². The molecule has 0 radical (unpaired) electrons. The Morgan fingerprint density at radius 1 is 1.13 bits per heavy atom. The molecular formula is C14H13N. The number of fused-ring (bicyclic) bond motifs is 3. The maximum atomic E-state index is 2.30. The molecule has 0 saturated carbocycles. The highest BCUT2D eigenvalue weighted by Gasteiger charge is 2.11. The molecule has 1 aliphatic carbocycles. The minimum absolute atomic E-state index is 1.02. The van der Waals surface area contributed by atoms with Gasteiger partial charge >= 0.3 is 0 Å². The van der Waals surface area contributed by atoms with Crippen LogP contribution in [0.1, 0.15) is 11.3 Å². The summed E-state index contributed by atoms with van der Waals surface area (Å²) in [6, 6.07) is 8.58. The molecule has 1 aliphatic rings. The van der Waals surface area contributed by atoms with E-state index in [2.05, 4.69) is 60.2 Å². The summed E-state index contributed by atoms with van der Waals surface area (Å²) in [5, 5.41) is 1.36. The lowest BCUT2D eigenvalue weighted by atomic mass is 10.1. The molecular weight excluding hydrogens is 182 g/mol. The molecule has 3 rings (SSSR count). The van der Waals surface area contributed by atoms with E-state index in [0.29, 0.717) is 0 Å². The summed E-state index contributed by atoms with van der Waals surface area (Å²) >= 11 is 0. The minimum atomic E-state index is 1.02. The van der Waals surface area contributed by atoms with Crippen molar-refractivity contribution in [2.24, 2.45) is 7.05 Å². The van der Waals surface area contributed by atoms with Crippen LogP contribution in [-0.2, 0) is 13.5 Å². The van der Waals surface area contributed by atoms with Crippen LogP contribution in [0, 0.1) is 0 Å². The average Bonchev–Trinajstić information content (AvgIpc) is 2.48. The molecule has 0 amide bonds. The number of nitrogens with zero attached hydrogens (tertiary/aromatic N) is 1. The van der Waals surface area contributed by atoms with E-state index in [1.54, 1.807) is 0 Å². The van der Waals surface area contributed by atoms with Crippen molar-refractivity contribution >= 4 is 17.0 Å². The third kappa shape index (κ3) is 1.16. The number of aromatic nitrogens is 1. The molecule has 0 fully saturated rings. The molecule has 0 unspecified atom stereocenters. The van der Waals surface area contributed by atoms with Crippen molar-refractivity contribution in [3.8, 4) is 0 Å². The van der Waals surface area contributed by atoms with Crippen molar-refractivity contribution in [3.05, 3.63) is 53.8 Å². The Morgan fingerprint density at radius 3 is 2.93 bits per heavy atom. The number of rotatable bonds is 0. The van der Waals surface area contributed by atoms with E-state index in [0.717, 1.165) is 6.42 Å². The molecule has 0 atom stereocenters. The second-order valence-corrected chi connectivity index (χ2v) is 3.93. The first-order chi connectivity index (χ1) is 7.38. The summed E-state index contributed by atoms with van der Waals surface area (Å²) in [4.78, 5) is 0. The highest BCUT2D eigenvalue weighted by molar-refractivity contribution is 5.91. The predicted molar refractivity (Wildman–Crippen MR) is 64.8 cm³/mol. The smallest absolute Gasteiger partial charge is 0.0486 e. The number of allylic oxidation sites excluding steroid dienone is 3. The molecule has 74 valence electrons. The average molecular weight is 195 g/mol. The van der Waals surface area contributed by atoms with Gasteiger partial charge in [0.25, 0.3) is 0 Å². The lowest BCUT2D eigenvalue weighted by molar-refractivity contribution is 0.888. The number of para-hydroxylation sites is 1. The Morgan fingerprint density at radius 2 is 2.00 bits per heavy atom.